The van der Waals surface area contributed by atoms with Gasteiger partial charge in [-0.15, -0.1) is 0 Å². The normalized spacial score (nSPS) is 16.5. The number of aryl methyl sites for hydroxylation is 1. The smallest absolute Gasteiger partial charge is 0.231 e. The summed E-state index contributed by atoms with van der Waals surface area (Å²) in [6.07, 6.45) is 4.45. The number of sulfonamides is 1. The van der Waals surface area contributed by atoms with Crippen LogP contribution >= 0.6 is 12.2 Å². The zero-order valence-corrected chi connectivity index (χ0v) is 16.5. The van der Waals surface area contributed by atoms with E-state index < -0.39 is 10.0 Å². The highest BCUT2D eigenvalue weighted by molar-refractivity contribution is 7.92. The molecule has 2 aromatic rings. The zero-order valence-electron chi connectivity index (χ0n) is 14.9. The Morgan fingerprint density at radius 2 is 1.96 bits per heavy atom. The molecule has 0 heterocycles. The number of thiocarbonyl (C=S) groups is 1. The highest BCUT2D eigenvalue weighted by Crippen LogP contribution is 2.29. The molecule has 2 N–H and O–H groups in total. The quantitative estimate of drug-likeness (QED) is 0.785. The molecule has 26 heavy (non-hydrogen) atoms. The van der Waals surface area contributed by atoms with E-state index in [9.17, 15) is 8.42 Å². The molecule has 0 saturated carbocycles. The lowest BCUT2D eigenvalue weighted by Gasteiger charge is -2.27. The van der Waals surface area contributed by atoms with Crippen LogP contribution in [0, 0.1) is 0 Å². The summed E-state index contributed by atoms with van der Waals surface area (Å²) >= 11 is 5.47. The first-order chi connectivity index (χ1) is 12.3. The summed E-state index contributed by atoms with van der Waals surface area (Å²) in [6, 6.07) is 15.8. The molecule has 0 spiro atoms. The van der Waals surface area contributed by atoms with E-state index in [1.54, 1.807) is 18.2 Å². The molecule has 0 radical (unpaired) electrons. The molecule has 1 atom stereocenters. The molecule has 0 amide bonds. The van der Waals surface area contributed by atoms with E-state index in [0.29, 0.717) is 10.8 Å². The van der Waals surface area contributed by atoms with E-state index in [2.05, 4.69) is 34.9 Å². The van der Waals surface area contributed by atoms with Crippen molar-refractivity contribution in [3.63, 3.8) is 0 Å². The monoisotopic (exact) mass is 389 g/mol. The molecule has 0 saturated heterocycles. The third-order valence-electron chi connectivity index (χ3n) is 4.64. The van der Waals surface area contributed by atoms with E-state index in [1.165, 1.54) is 28.7 Å². The molecule has 0 aliphatic heterocycles. The second-order valence-electron chi connectivity index (χ2n) is 6.52. The first-order valence-corrected chi connectivity index (χ1v) is 10.8. The minimum absolute atomic E-state index is 0.196. The minimum Gasteiger partial charge on any atom is -0.356 e. The Hall–Kier alpha value is -2.12. The average molecular weight is 390 g/mol. The predicted molar refractivity (Wildman–Crippen MR) is 111 cm³/mol. The first kappa shape index (κ1) is 18.7. The van der Waals surface area contributed by atoms with Crippen LogP contribution in [0.1, 0.15) is 30.0 Å². The summed E-state index contributed by atoms with van der Waals surface area (Å²) in [5.74, 6) is 0. The van der Waals surface area contributed by atoms with Crippen molar-refractivity contribution < 1.29 is 8.42 Å². The molecule has 2 aromatic carbocycles. The summed E-state index contributed by atoms with van der Waals surface area (Å²) in [4.78, 5) is 0. The van der Waals surface area contributed by atoms with Crippen LogP contribution in [-0.2, 0) is 16.4 Å². The Balaban J connectivity index is 1.70. The molecule has 1 aliphatic carbocycles. The molecular weight excluding hydrogens is 366 g/mol. The van der Waals surface area contributed by atoms with E-state index in [0.717, 1.165) is 24.9 Å². The fourth-order valence-corrected chi connectivity index (χ4v) is 3.96. The Labute approximate surface area is 160 Å². The fourth-order valence-electron chi connectivity index (χ4n) is 3.20. The number of nitrogens with one attached hydrogen (secondary N) is 2. The van der Waals surface area contributed by atoms with Crippen LogP contribution in [0.4, 0.5) is 11.4 Å². The van der Waals surface area contributed by atoms with Crippen molar-refractivity contribution in [3.05, 3.63) is 59.7 Å². The Morgan fingerprint density at radius 1 is 1.19 bits per heavy atom. The number of rotatable bonds is 4. The molecule has 0 bridgehead atoms. The summed E-state index contributed by atoms with van der Waals surface area (Å²) < 4.78 is 24.7. The summed E-state index contributed by atoms with van der Waals surface area (Å²) in [5, 5.41) is 7.09. The average Bonchev–Trinajstić information content (AvgIpc) is 2.61. The molecule has 138 valence electrons. The van der Waals surface area contributed by atoms with Crippen LogP contribution < -0.4 is 14.9 Å². The maximum atomic E-state index is 11.7. The molecule has 5 nitrogen and oxygen atoms in total. The summed E-state index contributed by atoms with van der Waals surface area (Å²) in [5.41, 5.74) is 4.01. The van der Waals surface area contributed by atoms with Crippen molar-refractivity contribution in [1.29, 1.82) is 0 Å². The van der Waals surface area contributed by atoms with Crippen LogP contribution in [0.2, 0.25) is 0 Å². The lowest BCUT2D eigenvalue weighted by molar-refractivity contribution is 0.529. The lowest BCUT2D eigenvalue weighted by Crippen LogP contribution is -2.34. The van der Waals surface area contributed by atoms with Crippen molar-refractivity contribution >= 4 is 38.7 Å². The number of hydrogen-bond acceptors (Lipinski definition) is 3. The third kappa shape index (κ3) is 4.34. The predicted octanol–water partition coefficient (Wildman–Crippen LogP) is 3.45. The van der Waals surface area contributed by atoms with Crippen molar-refractivity contribution in [2.45, 2.75) is 25.3 Å². The van der Waals surface area contributed by atoms with E-state index >= 15 is 0 Å². The van der Waals surface area contributed by atoms with Crippen molar-refractivity contribution in [3.8, 4) is 0 Å². The third-order valence-corrected chi connectivity index (χ3v) is 6.07. The molecule has 1 unspecified atom stereocenters. The van der Waals surface area contributed by atoms with Crippen LogP contribution in [0.15, 0.2) is 48.5 Å². The number of hydrogen-bond donors (Lipinski definition) is 2. The highest BCUT2D eigenvalue weighted by atomic mass is 32.2. The van der Waals surface area contributed by atoms with Crippen LogP contribution in [0.25, 0.3) is 0 Å². The van der Waals surface area contributed by atoms with E-state index in [4.69, 9.17) is 12.2 Å². The lowest BCUT2D eigenvalue weighted by atomic mass is 9.88. The number of nitrogens with zero attached hydrogens (tertiary/aromatic N) is 1. The molecule has 0 aromatic heterocycles. The number of fused-ring (bicyclic) bond motifs is 1. The van der Waals surface area contributed by atoms with Gasteiger partial charge in [-0.25, -0.2) is 8.42 Å². The van der Waals surface area contributed by atoms with Gasteiger partial charge >= 0.3 is 0 Å². The number of benzene rings is 2. The van der Waals surface area contributed by atoms with Gasteiger partial charge in [0.05, 0.1) is 18.0 Å². The van der Waals surface area contributed by atoms with Gasteiger partial charge < -0.3 is 10.6 Å². The number of anilines is 2. The highest BCUT2D eigenvalue weighted by Gasteiger charge is 2.20. The second kappa shape index (κ2) is 7.63. The van der Waals surface area contributed by atoms with Gasteiger partial charge in [-0.2, -0.15) is 0 Å². The Bertz CT molecular complexity index is 913. The van der Waals surface area contributed by atoms with Crippen LogP contribution in [0.3, 0.4) is 0 Å². The Morgan fingerprint density at radius 3 is 2.73 bits per heavy atom. The van der Waals surface area contributed by atoms with Crippen molar-refractivity contribution in [1.82, 2.24) is 5.32 Å². The van der Waals surface area contributed by atoms with E-state index in [1.807, 2.05) is 6.07 Å². The summed E-state index contributed by atoms with van der Waals surface area (Å²) in [7, 11) is -1.77. The van der Waals surface area contributed by atoms with Crippen molar-refractivity contribution in [2.24, 2.45) is 0 Å². The second-order valence-corrected chi connectivity index (χ2v) is 8.94. The maximum absolute atomic E-state index is 11.7. The molecule has 0 fully saturated rings. The van der Waals surface area contributed by atoms with Crippen LogP contribution in [-0.4, -0.2) is 26.8 Å². The van der Waals surface area contributed by atoms with Crippen LogP contribution in [0.5, 0.6) is 0 Å². The largest absolute Gasteiger partial charge is 0.356 e. The van der Waals surface area contributed by atoms with Gasteiger partial charge in [0, 0.05) is 12.7 Å². The molecule has 3 rings (SSSR count). The minimum atomic E-state index is -3.30. The van der Waals surface area contributed by atoms with Gasteiger partial charge in [-0.3, -0.25) is 4.31 Å². The fraction of sp³-hybridized carbons (Fsp3) is 0.316. The van der Waals surface area contributed by atoms with Gasteiger partial charge in [-0.05, 0) is 60.8 Å². The topological polar surface area (TPSA) is 61.4 Å². The molecule has 7 heteroatoms. The summed E-state index contributed by atoms with van der Waals surface area (Å²) in [6.45, 7) is 0. The zero-order chi connectivity index (χ0) is 18.7. The van der Waals surface area contributed by atoms with Crippen molar-refractivity contribution in [2.75, 3.05) is 22.9 Å². The van der Waals surface area contributed by atoms with Gasteiger partial charge in [-0.1, -0.05) is 30.3 Å². The standard InChI is InChI=1S/C19H23N3O2S2/c1-22(26(2,23)24)16-10-6-9-15(13-16)20-19(25)21-18-12-5-8-14-7-3-4-11-17(14)18/h3-4,6-7,9-11,13,18H,5,8,12H2,1-2H3,(H2,20,21,25). The van der Waals surface area contributed by atoms with Gasteiger partial charge in [0.15, 0.2) is 5.11 Å². The molecule has 1 aliphatic rings. The van der Waals surface area contributed by atoms with Gasteiger partial charge in [0.25, 0.3) is 0 Å². The van der Waals surface area contributed by atoms with Gasteiger partial charge in [0.1, 0.15) is 0 Å². The first-order valence-electron chi connectivity index (χ1n) is 8.54. The van der Waals surface area contributed by atoms with Gasteiger partial charge in [0.2, 0.25) is 10.0 Å². The van der Waals surface area contributed by atoms with E-state index in [-0.39, 0.29) is 6.04 Å². The SMILES string of the molecule is CN(c1cccc(NC(=S)NC2CCCc3ccccc32)c1)S(C)(=O)=O. The molecular formula is C19H23N3O2S2. The Kier molecular flexibility index (Phi) is 5.48. The maximum Gasteiger partial charge on any atom is 0.231 e.